The molecule has 9 nitrogen and oxygen atoms in total. The van der Waals surface area contributed by atoms with E-state index in [1.165, 1.54) is 19.1 Å². The number of fused-ring (bicyclic) bond motifs is 1. The minimum absolute atomic E-state index is 0.179. The Kier molecular flexibility index (Phi) is 6.99. The topological polar surface area (TPSA) is 119 Å². The molecular weight excluding hydrogens is 456 g/mol. The quantitative estimate of drug-likeness (QED) is 0.610. The molecule has 1 heterocycles. The Morgan fingerprint density at radius 2 is 1.66 bits per heavy atom. The normalized spacial score (nSPS) is 14.5. The minimum atomic E-state index is -3.75. The number of carbonyl (C=O) groups excluding carboxylic acids is 1. The van der Waals surface area contributed by atoms with Crippen LogP contribution in [0.1, 0.15) is 25.5 Å². The van der Waals surface area contributed by atoms with Gasteiger partial charge < -0.3 is 14.8 Å². The van der Waals surface area contributed by atoms with Crippen LogP contribution in [0.25, 0.3) is 0 Å². The van der Waals surface area contributed by atoms with Crippen LogP contribution in [0.2, 0.25) is 0 Å². The van der Waals surface area contributed by atoms with Gasteiger partial charge in [-0.1, -0.05) is 12.1 Å². The summed E-state index contributed by atoms with van der Waals surface area (Å²) in [5.74, 6) is 0.253. The number of amides is 1. The molecule has 0 aromatic heterocycles. The first kappa shape index (κ1) is 23.9. The van der Waals surface area contributed by atoms with Crippen molar-refractivity contribution in [1.29, 1.82) is 0 Å². The van der Waals surface area contributed by atoms with Gasteiger partial charge in [0.2, 0.25) is 15.9 Å². The highest BCUT2D eigenvalue weighted by Crippen LogP contribution is 2.34. The first-order valence-electron chi connectivity index (χ1n) is 10.0. The predicted octanol–water partition coefficient (Wildman–Crippen LogP) is 1.89. The Morgan fingerprint density at radius 3 is 2.25 bits per heavy atom. The number of benzene rings is 2. The lowest BCUT2D eigenvalue weighted by Gasteiger charge is -2.26. The van der Waals surface area contributed by atoms with Gasteiger partial charge in [0, 0.05) is 12.3 Å². The number of nitrogens with one attached hydrogen (secondary N) is 1. The van der Waals surface area contributed by atoms with E-state index < -0.39 is 38.4 Å². The third-order valence-electron chi connectivity index (χ3n) is 4.99. The Bertz CT molecular complexity index is 1190. The summed E-state index contributed by atoms with van der Waals surface area (Å²) >= 11 is 0. The summed E-state index contributed by atoms with van der Waals surface area (Å²) in [6.45, 7) is 3.59. The Labute approximate surface area is 188 Å². The molecule has 0 aliphatic carbocycles. The molecule has 2 aromatic carbocycles. The molecule has 11 heteroatoms. The first-order valence-corrected chi connectivity index (χ1v) is 13.5. The van der Waals surface area contributed by atoms with Gasteiger partial charge in [-0.15, -0.1) is 0 Å². The van der Waals surface area contributed by atoms with Crippen molar-refractivity contribution in [3.05, 3.63) is 48.0 Å². The second kappa shape index (κ2) is 9.37. The van der Waals surface area contributed by atoms with E-state index in [0.29, 0.717) is 36.0 Å². The highest BCUT2D eigenvalue weighted by atomic mass is 32.2. The molecule has 1 N–H and O–H groups in total. The zero-order valence-electron chi connectivity index (χ0n) is 18.1. The van der Waals surface area contributed by atoms with Crippen molar-refractivity contribution < 1.29 is 31.1 Å². The van der Waals surface area contributed by atoms with Gasteiger partial charge in [0.05, 0.1) is 22.4 Å². The molecule has 174 valence electrons. The number of ether oxygens (including phenoxy) is 2. The molecule has 2 aromatic rings. The maximum atomic E-state index is 12.7. The van der Waals surface area contributed by atoms with Gasteiger partial charge in [0.1, 0.15) is 19.8 Å². The number of sulfone groups is 1. The number of hydrogen-bond acceptors (Lipinski definition) is 7. The molecule has 32 heavy (non-hydrogen) atoms. The van der Waals surface area contributed by atoms with E-state index in [4.69, 9.17) is 9.47 Å². The SMILES string of the molecule is CCS(=O)(=O)N(CC(=O)NC(C)c1ccc(S(C)(=O)=O)cc1)c1ccc2c(c1)OCCO2. The highest BCUT2D eigenvalue weighted by molar-refractivity contribution is 7.92. The van der Waals surface area contributed by atoms with Gasteiger partial charge in [-0.05, 0) is 43.7 Å². The third-order valence-corrected chi connectivity index (χ3v) is 7.86. The maximum Gasteiger partial charge on any atom is 0.241 e. The molecule has 1 amide bonds. The summed E-state index contributed by atoms with van der Waals surface area (Å²) in [4.78, 5) is 12.9. The Balaban J connectivity index is 1.77. The molecule has 1 aliphatic rings. The second-order valence-corrected chi connectivity index (χ2v) is 11.6. The number of hydrogen-bond donors (Lipinski definition) is 1. The van der Waals surface area contributed by atoms with Crippen molar-refractivity contribution in [3.63, 3.8) is 0 Å². The molecule has 0 saturated heterocycles. The zero-order valence-corrected chi connectivity index (χ0v) is 19.7. The molecule has 1 unspecified atom stereocenters. The third kappa shape index (κ3) is 5.52. The molecule has 1 aliphatic heterocycles. The van der Waals surface area contributed by atoms with Crippen LogP contribution in [0.3, 0.4) is 0 Å². The lowest BCUT2D eigenvalue weighted by Crippen LogP contribution is -2.42. The van der Waals surface area contributed by atoms with E-state index in [1.54, 1.807) is 37.3 Å². The largest absolute Gasteiger partial charge is 0.486 e. The van der Waals surface area contributed by atoms with Gasteiger partial charge in [-0.2, -0.15) is 0 Å². The van der Waals surface area contributed by atoms with Crippen LogP contribution >= 0.6 is 0 Å². The lowest BCUT2D eigenvalue weighted by molar-refractivity contribution is -0.120. The van der Waals surface area contributed by atoms with E-state index in [-0.39, 0.29) is 10.6 Å². The van der Waals surface area contributed by atoms with Crippen LogP contribution < -0.4 is 19.1 Å². The van der Waals surface area contributed by atoms with E-state index in [2.05, 4.69) is 5.32 Å². The number of sulfonamides is 1. The minimum Gasteiger partial charge on any atom is -0.486 e. The van der Waals surface area contributed by atoms with Crippen LogP contribution in [0.15, 0.2) is 47.4 Å². The Morgan fingerprint density at radius 1 is 1.03 bits per heavy atom. The van der Waals surface area contributed by atoms with Crippen molar-refractivity contribution in [2.24, 2.45) is 0 Å². The lowest BCUT2D eigenvalue weighted by atomic mass is 10.1. The average Bonchev–Trinajstić information content (AvgIpc) is 2.76. The second-order valence-electron chi connectivity index (χ2n) is 7.37. The number of carbonyl (C=O) groups is 1. The van der Waals surface area contributed by atoms with Crippen LogP contribution in [0.5, 0.6) is 11.5 Å². The number of rotatable bonds is 8. The number of anilines is 1. The molecule has 0 radical (unpaired) electrons. The van der Waals surface area contributed by atoms with E-state index in [9.17, 15) is 21.6 Å². The summed E-state index contributed by atoms with van der Waals surface area (Å²) in [6, 6.07) is 10.4. The van der Waals surface area contributed by atoms with Crippen molar-refractivity contribution in [3.8, 4) is 11.5 Å². The van der Waals surface area contributed by atoms with Crippen LogP contribution in [-0.2, 0) is 24.7 Å². The fourth-order valence-corrected chi connectivity index (χ4v) is 4.89. The van der Waals surface area contributed by atoms with Crippen molar-refractivity contribution in [1.82, 2.24) is 5.32 Å². The average molecular weight is 483 g/mol. The Hall–Kier alpha value is -2.79. The fourth-order valence-electron chi connectivity index (χ4n) is 3.20. The standard InChI is InChI=1S/C21H26N2O7S2/c1-4-32(27,28)23(17-7-10-19-20(13-17)30-12-11-29-19)14-21(24)22-15(2)16-5-8-18(9-6-16)31(3,25)26/h5-10,13,15H,4,11-12,14H2,1-3H3,(H,22,24). The van der Waals surface area contributed by atoms with Gasteiger partial charge in [-0.25, -0.2) is 16.8 Å². The summed E-state index contributed by atoms with van der Waals surface area (Å²) in [6.07, 6.45) is 1.12. The first-order chi connectivity index (χ1) is 15.0. The molecule has 0 bridgehead atoms. The monoisotopic (exact) mass is 482 g/mol. The van der Waals surface area contributed by atoms with Crippen LogP contribution in [0.4, 0.5) is 5.69 Å². The molecule has 0 fully saturated rings. The molecule has 3 rings (SSSR count). The summed E-state index contributed by atoms with van der Waals surface area (Å²) < 4.78 is 60.7. The van der Waals surface area contributed by atoms with Gasteiger partial charge in [-0.3, -0.25) is 9.10 Å². The van der Waals surface area contributed by atoms with Crippen LogP contribution in [-0.4, -0.2) is 54.5 Å². The molecule has 0 spiro atoms. The number of nitrogens with zero attached hydrogens (tertiary/aromatic N) is 1. The van der Waals surface area contributed by atoms with E-state index in [0.717, 1.165) is 10.6 Å². The molecule has 0 saturated carbocycles. The summed E-state index contributed by atoms with van der Waals surface area (Å²) in [5, 5.41) is 2.76. The van der Waals surface area contributed by atoms with Gasteiger partial charge in [0.15, 0.2) is 21.3 Å². The maximum absolute atomic E-state index is 12.7. The smallest absolute Gasteiger partial charge is 0.241 e. The van der Waals surface area contributed by atoms with Crippen molar-refractivity contribution >= 4 is 31.5 Å². The molecule has 1 atom stereocenters. The zero-order chi connectivity index (χ0) is 23.5. The van der Waals surface area contributed by atoms with E-state index in [1.807, 2.05) is 0 Å². The van der Waals surface area contributed by atoms with Gasteiger partial charge >= 0.3 is 0 Å². The predicted molar refractivity (Wildman–Crippen MR) is 120 cm³/mol. The van der Waals surface area contributed by atoms with E-state index >= 15 is 0 Å². The highest BCUT2D eigenvalue weighted by Gasteiger charge is 2.26. The summed E-state index contributed by atoms with van der Waals surface area (Å²) in [5.41, 5.74) is 0.992. The van der Waals surface area contributed by atoms with Gasteiger partial charge in [0.25, 0.3) is 0 Å². The summed E-state index contributed by atoms with van der Waals surface area (Å²) in [7, 11) is -7.07. The fraction of sp³-hybridized carbons (Fsp3) is 0.381. The molecular formula is C21H26N2O7S2. The van der Waals surface area contributed by atoms with Crippen LogP contribution in [0, 0.1) is 0 Å². The van der Waals surface area contributed by atoms with Crippen molar-refractivity contribution in [2.75, 3.05) is 36.1 Å². The van der Waals surface area contributed by atoms with Crippen molar-refractivity contribution in [2.45, 2.75) is 24.8 Å².